The van der Waals surface area contributed by atoms with Crippen molar-refractivity contribution in [3.05, 3.63) is 35.4 Å². The molecule has 0 fully saturated rings. The lowest BCUT2D eigenvalue weighted by atomic mass is 10.1. The number of rotatable bonds is 5. The summed E-state index contributed by atoms with van der Waals surface area (Å²) >= 11 is 0. The highest BCUT2D eigenvalue weighted by Gasteiger charge is 2.05. The van der Waals surface area contributed by atoms with E-state index in [-0.39, 0.29) is 12.1 Å². The molecule has 0 saturated carbocycles. The van der Waals surface area contributed by atoms with Crippen molar-refractivity contribution in [2.24, 2.45) is 0 Å². The van der Waals surface area contributed by atoms with E-state index in [2.05, 4.69) is 0 Å². The number of ether oxygens (including phenoxy) is 2. The Morgan fingerprint density at radius 2 is 2.06 bits per heavy atom. The van der Waals surface area contributed by atoms with Crippen molar-refractivity contribution in [2.45, 2.75) is 33.5 Å². The summed E-state index contributed by atoms with van der Waals surface area (Å²) in [4.78, 5) is 10.7. The van der Waals surface area contributed by atoms with E-state index in [1.807, 2.05) is 38.1 Å². The minimum atomic E-state index is -0.271. The fourth-order valence-corrected chi connectivity index (χ4v) is 1.42. The first kappa shape index (κ1) is 12.7. The van der Waals surface area contributed by atoms with Gasteiger partial charge in [-0.25, -0.2) is 0 Å². The van der Waals surface area contributed by atoms with Gasteiger partial charge in [-0.2, -0.15) is 0 Å². The molecule has 0 saturated heterocycles. The summed E-state index contributed by atoms with van der Waals surface area (Å²) in [7, 11) is 0. The molecule has 3 heteroatoms. The Labute approximate surface area is 96.4 Å². The van der Waals surface area contributed by atoms with Crippen molar-refractivity contribution >= 4 is 5.97 Å². The van der Waals surface area contributed by atoms with Crippen LogP contribution in [0.1, 0.15) is 25.0 Å². The Hall–Kier alpha value is -1.35. The number of benzene rings is 1. The molecule has 1 atom stereocenters. The average Bonchev–Trinajstić information content (AvgIpc) is 2.19. The molecule has 0 aliphatic heterocycles. The smallest absolute Gasteiger partial charge is 0.302 e. The van der Waals surface area contributed by atoms with Gasteiger partial charge in [0.15, 0.2) is 0 Å². The molecular formula is C13H18O3. The highest BCUT2D eigenvalue weighted by atomic mass is 16.6. The molecule has 1 aromatic carbocycles. The summed E-state index contributed by atoms with van der Waals surface area (Å²) < 4.78 is 10.4. The molecule has 1 aromatic rings. The minimum absolute atomic E-state index is 0.193. The third-order valence-electron chi connectivity index (χ3n) is 2.24. The van der Waals surface area contributed by atoms with Gasteiger partial charge in [0.05, 0.1) is 13.2 Å². The van der Waals surface area contributed by atoms with Crippen LogP contribution in [0.4, 0.5) is 0 Å². The molecule has 1 unspecified atom stereocenters. The monoisotopic (exact) mass is 222 g/mol. The van der Waals surface area contributed by atoms with Crippen LogP contribution in [0.25, 0.3) is 0 Å². The highest BCUT2D eigenvalue weighted by molar-refractivity contribution is 5.66. The van der Waals surface area contributed by atoms with Gasteiger partial charge < -0.3 is 9.47 Å². The maximum Gasteiger partial charge on any atom is 0.302 e. The first-order valence-electron chi connectivity index (χ1n) is 5.39. The summed E-state index contributed by atoms with van der Waals surface area (Å²) in [5, 5.41) is 0. The van der Waals surface area contributed by atoms with Crippen molar-refractivity contribution in [3.63, 3.8) is 0 Å². The van der Waals surface area contributed by atoms with Gasteiger partial charge in [0.1, 0.15) is 6.10 Å². The summed E-state index contributed by atoms with van der Waals surface area (Å²) in [6.07, 6.45) is -0.193. The SMILES string of the molecule is CC(=O)OC(C)COCc1ccccc1C. The second kappa shape index (κ2) is 6.28. The summed E-state index contributed by atoms with van der Waals surface area (Å²) in [6, 6.07) is 8.07. The lowest BCUT2D eigenvalue weighted by molar-refractivity contribution is -0.148. The van der Waals surface area contributed by atoms with Crippen LogP contribution in [0.3, 0.4) is 0 Å². The molecule has 0 bridgehead atoms. The van der Waals surface area contributed by atoms with Crippen LogP contribution in [0.5, 0.6) is 0 Å². The zero-order valence-corrected chi connectivity index (χ0v) is 10.0. The molecule has 0 N–H and O–H groups in total. The second-order valence-electron chi connectivity index (χ2n) is 3.86. The van der Waals surface area contributed by atoms with Crippen LogP contribution in [0.2, 0.25) is 0 Å². The predicted molar refractivity (Wildman–Crippen MR) is 62.1 cm³/mol. The van der Waals surface area contributed by atoms with Gasteiger partial charge in [-0.3, -0.25) is 4.79 Å². The van der Waals surface area contributed by atoms with E-state index in [9.17, 15) is 4.79 Å². The lowest BCUT2D eigenvalue weighted by Gasteiger charge is -2.12. The molecule has 0 spiro atoms. The van der Waals surface area contributed by atoms with Crippen LogP contribution >= 0.6 is 0 Å². The zero-order chi connectivity index (χ0) is 12.0. The predicted octanol–water partition coefficient (Wildman–Crippen LogP) is 2.46. The third kappa shape index (κ3) is 4.45. The molecule has 3 nitrogen and oxygen atoms in total. The number of aryl methyl sites for hydroxylation is 1. The minimum Gasteiger partial charge on any atom is -0.460 e. The maximum atomic E-state index is 10.7. The normalized spacial score (nSPS) is 12.2. The zero-order valence-electron chi connectivity index (χ0n) is 10.0. The van der Waals surface area contributed by atoms with Crippen molar-refractivity contribution in [2.75, 3.05) is 6.61 Å². The van der Waals surface area contributed by atoms with E-state index in [1.165, 1.54) is 12.5 Å². The molecule has 0 aromatic heterocycles. The van der Waals surface area contributed by atoms with Gasteiger partial charge in [-0.15, -0.1) is 0 Å². The molecule has 16 heavy (non-hydrogen) atoms. The van der Waals surface area contributed by atoms with Gasteiger partial charge in [0.2, 0.25) is 0 Å². The molecular weight excluding hydrogens is 204 g/mol. The van der Waals surface area contributed by atoms with Gasteiger partial charge in [-0.1, -0.05) is 24.3 Å². The van der Waals surface area contributed by atoms with E-state index in [4.69, 9.17) is 9.47 Å². The van der Waals surface area contributed by atoms with Crippen LogP contribution in [-0.2, 0) is 20.9 Å². The van der Waals surface area contributed by atoms with Crippen molar-refractivity contribution < 1.29 is 14.3 Å². The Morgan fingerprint density at radius 1 is 1.38 bits per heavy atom. The quantitative estimate of drug-likeness (QED) is 0.718. The number of hydrogen-bond donors (Lipinski definition) is 0. The Balaban J connectivity index is 2.30. The van der Waals surface area contributed by atoms with Gasteiger partial charge in [0.25, 0.3) is 0 Å². The van der Waals surface area contributed by atoms with Gasteiger partial charge in [-0.05, 0) is 25.0 Å². The first-order valence-corrected chi connectivity index (χ1v) is 5.39. The Bertz CT molecular complexity index is 347. The molecule has 0 heterocycles. The largest absolute Gasteiger partial charge is 0.460 e. The topological polar surface area (TPSA) is 35.5 Å². The average molecular weight is 222 g/mol. The van der Waals surface area contributed by atoms with E-state index in [0.29, 0.717) is 13.2 Å². The maximum absolute atomic E-state index is 10.7. The Kier molecular flexibility index (Phi) is 4.99. The fourth-order valence-electron chi connectivity index (χ4n) is 1.42. The van der Waals surface area contributed by atoms with E-state index < -0.39 is 0 Å². The summed E-state index contributed by atoms with van der Waals surface area (Å²) in [5.41, 5.74) is 2.38. The van der Waals surface area contributed by atoms with E-state index in [1.54, 1.807) is 0 Å². The Morgan fingerprint density at radius 3 is 2.69 bits per heavy atom. The van der Waals surface area contributed by atoms with Crippen LogP contribution < -0.4 is 0 Å². The van der Waals surface area contributed by atoms with Crippen LogP contribution in [0, 0.1) is 6.92 Å². The molecule has 0 aliphatic carbocycles. The van der Waals surface area contributed by atoms with Gasteiger partial charge >= 0.3 is 5.97 Å². The highest BCUT2D eigenvalue weighted by Crippen LogP contribution is 2.08. The number of carbonyl (C=O) groups is 1. The molecule has 0 radical (unpaired) electrons. The summed E-state index contributed by atoms with van der Waals surface area (Å²) in [6.45, 7) is 6.25. The first-order chi connectivity index (χ1) is 7.59. The van der Waals surface area contributed by atoms with Gasteiger partial charge in [0, 0.05) is 6.92 Å². The van der Waals surface area contributed by atoms with E-state index >= 15 is 0 Å². The van der Waals surface area contributed by atoms with Crippen LogP contribution in [0.15, 0.2) is 24.3 Å². The molecule has 88 valence electrons. The van der Waals surface area contributed by atoms with Crippen molar-refractivity contribution in [1.82, 2.24) is 0 Å². The number of hydrogen-bond acceptors (Lipinski definition) is 3. The lowest BCUT2D eigenvalue weighted by Crippen LogP contribution is -2.18. The second-order valence-corrected chi connectivity index (χ2v) is 3.86. The number of carbonyl (C=O) groups excluding carboxylic acids is 1. The van der Waals surface area contributed by atoms with Crippen molar-refractivity contribution in [3.8, 4) is 0 Å². The standard InChI is InChI=1S/C13H18O3/c1-10-6-4-5-7-13(10)9-15-8-11(2)16-12(3)14/h4-7,11H,8-9H2,1-3H3. The third-order valence-corrected chi connectivity index (χ3v) is 2.24. The fraction of sp³-hybridized carbons (Fsp3) is 0.462. The summed E-state index contributed by atoms with van der Waals surface area (Å²) in [5.74, 6) is -0.271. The van der Waals surface area contributed by atoms with Crippen LogP contribution in [-0.4, -0.2) is 18.7 Å². The van der Waals surface area contributed by atoms with Crippen molar-refractivity contribution in [1.29, 1.82) is 0 Å². The molecule has 0 aliphatic rings. The molecule has 1 rings (SSSR count). The number of esters is 1. The molecule has 0 amide bonds. The van der Waals surface area contributed by atoms with E-state index in [0.717, 1.165) is 5.56 Å².